The maximum absolute atomic E-state index is 11.0. The molecule has 0 saturated heterocycles. The second-order valence-corrected chi connectivity index (χ2v) is 6.61. The van der Waals surface area contributed by atoms with Crippen molar-refractivity contribution in [3.8, 4) is 0 Å². The molecule has 0 aliphatic heterocycles. The van der Waals surface area contributed by atoms with Crippen molar-refractivity contribution in [1.82, 2.24) is 5.32 Å². The van der Waals surface area contributed by atoms with Gasteiger partial charge in [0.1, 0.15) is 0 Å². The maximum Gasteiger partial charge on any atom is 0.273 e. The Morgan fingerprint density at radius 3 is 2.84 bits per heavy atom. The van der Waals surface area contributed by atoms with Gasteiger partial charge in [-0.05, 0) is 43.2 Å². The molecule has 3 atom stereocenters. The number of rotatable bonds is 4. The minimum absolute atomic E-state index is 0.207. The summed E-state index contributed by atoms with van der Waals surface area (Å²) in [7, 11) is 0. The Hall–Kier alpha value is -0.940. The number of nitro groups is 1. The van der Waals surface area contributed by atoms with Crippen LogP contribution in [0.3, 0.4) is 0 Å². The fraction of sp³-hybridized carbons (Fsp3) is 0.571. The third kappa shape index (κ3) is 2.67. The maximum atomic E-state index is 11.0. The zero-order valence-corrected chi connectivity index (χ0v) is 12.2. The number of nitrogens with zero attached hydrogens (tertiary/aromatic N) is 1. The molecular weight excluding hydrogens is 308 g/mol. The molecule has 2 aliphatic carbocycles. The second-order valence-electron chi connectivity index (χ2n) is 5.69. The fourth-order valence-corrected chi connectivity index (χ4v) is 4.02. The zero-order valence-electron chi connectivity index (χ0n) is 10.6. The van der Waals surface area contributed by atoms with E-state index in [9.17, 15) is 10.1 Å². The van der Waals surface area contributed by atoms with Crippen LogP contribution in [-0.2, 0) is 6.54 Å². The fourth-order valence-electron chi connectivity index (χ4n) is 3.61. The number of halogens is 1. The third-order valence-electron chi connectivity index (χ3n) is 4.53. The van der Waals surface area contributed by atoms with Crippen molar-refractivity contribution in [3.63, 3.8) is 0 Å². The monoisotopic (exact) mass is 324 g/mol. The molecule has 0 spiro atoms. The largest absolute Gasteiger partial charge is 0.309 e. The Balaban J connectivity index is 1.69. The average Bonchev–Trinajstić information content (AvgIpc) is 2.98. The summed E-state index contributed by atoms with van der Waals surface area (Å²) in [4.78, 5) is 10.7. The summed E-state index contributed by atoms with van der Waals surface area (Å²) in [5, 5.41) is 14.5. The van der Waals surface area contributed by atoms with Crippen molar-refractivity contribution in [2.75, 3.05) is 0 Å². The van der Waals surface area contributed by atoms with Crippen LogP contribution in [0.1, 0.15) is 31.2 Å². The van der Waals surface area contributed by atoms with Crippen LogP contribution in [0.4, 0.5) is 5.69 Å². The standard InChI is InChI=1S/C14H17BrN2O2/c15-12-3-4-14(17(18)19)11(7-12)8-16-13-6-9-1-2-10(13)5-9/h3-4,7,9-10,13,16H,1-2,5-6,8H2. The Morgan fingerprint density at radius 2 is 2.21 bits per heavy atom. The van der Waals surface area contributed by atoms with E-state index in [1.807, 2.05) is 6.07 Å². The number of hydrogen-bond acceptors (Lipinski definition) is 3. The van der Waals surface area contributed by atoms with Gasteiger partial charge in [0.2, 0.25) is 0 Å². The molecule has 2 saturated carbocycles. The van der Waals surface area contributed by atoms with Crippen LogP contribution in [0.2, 0.25) is 0 Å². The van der Waals surface area contributed by atoms with Gasteiger partial charge in [-0.3, -0.25) is 10.1 Å². The minimum atomic E-state index is -0.301. The van der Waals surface area contributed by atoms with E-state index in [1.54, 1.807) is 12.1 Å². The molecule has 3 unspecified atom stereocenters. The van der Waals surface area contributed by atoms with Gasteiger partial charge in [-0.15, -0.1) is 0 Å². The number of nitrogens with one attached hydrogen (secondary N) is 1. The van der Waals surface area contributed by atoms with Gasteiger partial charge in [0, 0.05) is 28.7 Å². The van der Waals surface area contributed by atoms with E-state index in [0.717, 1.165) is 21.9 Å². The molecule has 1 aromatic carbocycles. The summed E-state index contributed by atoms with van der Waals surface area (Å²) in [6.45, 7) is 0.587. The smallest absolute Gasteiger partial charge is 0.273 e. The molecular formula is C14H17BrN2O2. The molecule has 0 radical (unpaired) electrons. The lowest BCUT2D eigenvalue weighted by atomic mass is 9.95. The number of fused-ring (bicyclic) bond motifs is 2. The first kappa shape index (κ1) is 13.1. The molecule has 2 fully saturated rings. The van der Waals surface area contributed by atoms with E-state index in [1.165, 1.54) is 25.7 Å². The average molecular weight is 325 g/mol. The van der Waals surface area contributed by atoms with Crippen LogP contribution in [0.15, 0.2) is 22.7 Å². The summed E-state index contributed by atoms with van der Waals surface area (Å²) < 4.78 is 0.892. The Bertz CT molecular complexity index is 506. The minimum Gasteiger partial charge on any atom is -0.309 e. The number of nitro benzene ring substituents is 1. The van der Waals surface area contributed by atoms with Crippen molar-refractivity contribution < 1.29 is 4.92 Å². The molecule has 0 heterocycles. The van der Waals surface area contributed by atoms with Gasteiger partial charge in [-0.2, -0.15) is 0 Å². The Labute approximate surface area is 120 Å². The van der Waals surface area contributed by atoms with Crippen molar-refractivity contribution in [1.29, 1.82) is 0 Å². The van der Waals surface area contributed by atoms with Gasteiger partial charge >= 0.3 is 0 Å². The number of hydrogen-bond donors (Lipinski definition) is 1. The predicted molar refractivity (Wildman–Crippen MR) is 76.9 cm³/mol. The number of benzene rings is 1. The van der Waals surface area contributed by atoms with Gasteiger partial charge in [-0.1, -0.05) is 22.4 Å². The van der Waals surface area contributed by atoms with Crippen molar-refractivity contribution in [2.45, 2.75) is 38.3 Å². The van der Waals surface area contributed by atoms with E-state index < -0.39 is 0 Å². The molecule has 19 heavy (non-hydrogen) atoms. The summed E-state index contributed by atoms with van der Waals surface area (Å²) in [6, 6.07) is 5.69. The molecule has 0 aromatic heterocycles. The van der Waals surface area contributed by atoms with Crippen LogP contribution in [0.25, 0.3) is 0 Å². The van der Waals surface area contributed by atoms with Crippen LogP contribution < -0.4 is 5.32 Å². The summed E-state index contributed by atoms with van der Waals surface area (Å²) in [5.74, 6) is 1.68. The first-order chi connectivity index (χ1) is 9.13. The molecule has 4 nitrogen and oxygen atoms in total. The lowest BCUT2D eigenvalue weighted by Gasteiger charge is -2.23. The van der Waals surface area contributed by atoms with Crippen molar-refractivity contribution >= 4 is 21.6 Å². The summed E-state index contributed by atoms with van der Waals surface area (Å²) >= 11 is 3.38. The van der Waals surface area contributed by atoms with E-state index in [-0.39, 0.29) is 10.6 Å². The van der Waals surface area contributed by atoms with Gasteiger partial charge < -0.3 is 5.32 Å². The highest BCUT2D eigenvalue weighted by Gasteiger charge is 2.39. The Kier molecular flexibility index (Phi) is 3.58. The highest BCUT2D eigenvalue weighted by atomic mass is 79.9. The highest BCUT2D eigenvalue weighted by Crippen LogP contribution is 2.44. The van der Waals surface area contributed by atoms with E-state index >= 15 is 0 Å². The van der Waals surface area contributed by atoms with Crippen molar-refractivity contribution in [3.05, 3.63) is 38.3 Å². The lowest BCUT2D eigenvalue weighted by Crippen LogP contribution is -2.33. The molecule has 0 amide bonds. The third-order valence-corrected chi connectivity index (χ3v) is 5.02. The molecule has 3 rings (SSSR count). The van der Waals surface area contributed by atoms with E-state index in [0.29, 0.717) is 12.6 Å². The van der Waals surface area contributed by atoms with E-state index in [2.05, 4.69) is 21.2 Å². The molecule has 2 bridgehead atoms. The first-order valence-corrected chi connectivity index (χ1v) is 7.59. The second kappa shape index (κ2) is 5.21. The zero-order chi connectivity index (χ0) is 13.4. The van der Waals surface area contributed by atoms with Gasteiger partial charge in [0.05, 0.1) is 4.92 Å². The molecule has 102 valence electrons. The summed E-state index contributed by atoms with van der Waals surface area (Å²) in [5.41, 5.74) is 0.973. The van der Waals surface area contributed by atoms with Gasteiger partial charge in [0.25, 0.3) is 5.69 Å². The van der Waals surface area contributed by atoms with Crippen LogP contribution in [-0.4, -0.2) is 11.0 Å². The summed E-state index contributed by atoms with van der Waals surface area (Å²) in [6.07, 6.45) is 5.29. The Morgan fingerprint density at radius 1 is 1.37 bits per heavy atom. The molecule has 5 heteroatoms. The normalized spacial score (nSPS) is 28.8. The van der Waals surface area contributed by atoms with Gasteiger partial charge in [-0.25, -0.2) is 0 Å². The van der Waals surface area contributed by atoms with Crippen LogP contribution in [0, 0.1) is 22.0 Å². The van der Waals surface area contributed by atoms with Crippen molar-refractivity contribution in [2.24, 2.45) is 11.8 Å². The molecule has 1 N–H and O–H groups in total. The van der Waals surface area contributed by atoms with E-state index in [4.69, 9.17) is 0 Å². The SMILES string of the molecule is O=[N+]([O-])c1ccc(Br)cc1CNC1CC2CCC1C2. The predicted octanol–water partition coefficient (Wildman–Crippen LogP) is 3.64. The highest BCUT2D eigenvalue weighted by molar-refractivity contribution is 9.10. The van der Waals surface area contributed by atoms with Crippen LogP contribution in [0.5, 0.6) is 0 Å². The molecule has 1 aromatic rings. The first-order valence-electron chi connectivity index (χ1n) is 6.79. The lowest BCUT2D eigenvalue weighted by molar-refractivity contribution is -0.385. The molecule has 2 aliphatic rings. The quantitative estimate of drug-likeness (QED) is 0.679. The van der Waals surface area contributed by atoms with Gasteiger partial charge in [0.15, 0.2) is 0 Å². The topological polar surface area (TPSA) is 55.2 Å². The van der Waals surface area contributed by atoms with Crippen LogP contribution >= 0.6 is 15.9 Å².